The molecule has 0 aromatic heterocycles. The third kappa shape index (κ3) is 4.95. The van der Waals surface area contributed by atoms with Crippen LogP contribution in [0.15, 0.2) is 30.3 Å². The van der Waals surface area contributed by atoms with Gasteiger partial charge in [-0.15, -0.1) is 0 Å². The van der Waals surface area contributed by atoms with Gasteiger partial charge >= 0.3 is 12.1 Å². The molecule has 1 heterocycles. The van der Waals surface area contributed by atoms with Crippen molar-refractivity contribution in [3.63, 3.8) is 0 Å². The molecule has 2 rings (SSSR count). The van der Waals surface area contributed by atoms with Gasteiger partial charge in [0.2, 0.25) is 0 Å². The van der Waals surface area contributed by atoms with Gasteiger partial charge in [-0.1, -0.05) is 51.1 Å². The van der Waals surface area contributed by atoms with Crippen LogP contribution in [0.1, 0.15) is 45.6 Å². The van der Waals surface area contributed by atoms with Crippen LogP contribution in [0.3, 0.4) is 0 Å². The monoisotopic (exact) mass is 349 g/mol. The highest BCUT2D eigenvalue weighted by Gasteiger charge is 2.50. The van der Waals surface area contributed by atoms with Crippen molar-refractivity contribution in [1.82, 2.24) is 4.90 Å². The van der Waals surface area contributed by atoms with Gasteiger partial charge in [-0.3, -0.25) is 4.90 Å². The number of unbranched alkanes of at least 4 members (excludes halogenated alkanes) is 1. The Labute approximate surface area is 148 Å². The summed E-state index contributed by atoms with van der Waals surface area (Å²) >= 11 is 0. The Hall–Kier alpha value is -2.08. The molecule has 1 fully saturated rings. The SMILES string of the molecule is CC(C)(C)[C@@H]1OC(=O)[C@H](CCCCO)N1C(=O)OCc1ccccc1. The van der Waals surface area contributed by atoms with E-state index in [0.717, 1.165) is 5.56 Å². The maximum Gasteiger partial charge on any atom is 0.413 e. The van der Waals surface area contributed by atoms with Crippen molar-refractivity contribution in [3.05, 3.63) is 35.9 Å². The molecule has 1 amide bonds. The summed E-state index contributed by atoms with van der Waals surface area (Å²) in [6.45, 7) is 5.95. The van der Waals surface area contributed by atoms with Crippen LogP contribution in [0.4, 0.5) is 4.79 Å². The van der Waals surface area contributed by atoms with Gasteiger partial charge in [-0.25, -0.2) is 9.59 Å². The molecule has 1 aliphatic heterocycles. The molecular weight excluding hydrogens is 322 g/mol. The minimum absolute atomic E-state index is 0.0585. The quantitative estimate of drug-likeness (QED) is 0.631. The second-order valence-electron chi connectivity index (χ2n) is 7.34. The van der Waals surface area contributed by atoms with Crippen molar-refractivity contribution in [2.45, 2.75) is 58.9 Å². The third-order valence-corrected chi connectivity index (χ3v) is 4.13. The first-order valence-corrected chi connectivity index (χ1v) is 8.65. The van der Waals surface area contributed by atoms with Crippen LogP contribution >= 0.6 is 0 Å². The number of esters is 1. The van der Waals surface area contributed by atoms with Gasteiger partial charge in [0.15, 0.2) is 6.23 Å². The van der Waals surface area contributed by atoms with Gasteiger partial charge in [-0.05, 0) is 24.8 Å². The molecule has 25 heavy (non-hydrogen) atoms. The molecule has 1 N–H and O–H groups in total. The van der Waals surface area contributed by atoms with Gasteiger partial charge in [-0.2, -0.15) is 0 Å². The summed E-state index contributed by atoms with van der Waals surface area (Å²) in [6, 6.07) is 8.73. The molecule has 0 bridgehead atoms. The van der Waals surface area contributed by atoms with Crippen molar-refractivity contribution < 1.29 is 24.2 Å². The van der Waals surface area contributed by atoms with Crippen LogP contribution in [0.5, 0.6) is 0 Å². The number of hydrogen-bond acceptors (Lipinski definition) is 5. The third-order valence-electron chi connectivity index (χ3n) is 4.13. The summed E-state index contributed by atoms with van der Waals surface area (Å²) in [6.07, 6.45) is 0.449. The molecule has 1 aromatic rings. The highest BCUT2D eigenvalue weighted by atomic mass is 16.6. The summed E-state index contributed by atoms with van der Waals surface area (Å²) in [5.41, 5.74) is 0.457. The van der Waals surface area contributed by atoms with Gasteiger partial charge < -0.3 is 14.6 Å². The Balaban J connectivity index is 2.11. The number of carbonyl (C=O) groups is 2. The second-order valence-corrected chi connectivity index (χ2v) is 7.34. The Morgan fingerprint density at radius 2 is 1.92 bits per heavy atom. The fourth-order valence-corrected chi connectivity index (χ4v) is 2.84. The normalized spacial score (nSPS) is 20.5. The minimum atomic E-state index is -0.668. The first-order valence-electron chi connectivity index (χ1n) is 8.65. The number of carbonyl (C=O) groups excluding carboxylic acids is 2. The van der Waals surface area contributed by atoms with Crippen molar-refractivity contribution >= 4 is 12.1 Å². The Morgan fingerprint density at radius 3 is 2.52 bits per heavy atom. The van der Waals surface area contributed by atoms with Crippen LogP contribution < -0.4 is 0 Å². The molecule has 1 aromatic carbocycles. The van der Waals surface area contributed by atoms with Gasteiger partial charge in [0.1, 0.15) is 12.6 Å². The van der Waals surface area contributed by atoms with E-state index in [2.05, 4.69) is 0 Å². The van der Waals surface area contributed by atoms with Crippen molar-refractivity contribution in [1.29, 1.82) is 0 Å². The van der Waals surface area contributed by atoms with E-state index in [4.69, 9.17) is 14.6 Å². The molecule has 0 radical (unpaired) electrons. The molecule has 2 atom stereocenters. The van der Waals surface area contributed by atoms with Crippen LogP contribution in [0.2, 0.25) is 0 Å². The number of ether oxygens (including phenoxy) is 2. The van der Waals surface area contributed by atoms with E-state index in [0.29, 0.717) is 19.3 Å². The smallest absolute Gasteiger partial charge is 0.413 e. The minimum Gasteiger partial charge on any atom is -0.444 e. The maximum atomic E-state index is 12.7. The van der Waals surface area contributed by atoms with E-state index in [1.807, 2.05) is 51.1 Å². The van der Waals surface area contributed by atoms with Crippen molar-refractivity contribution in [2.75, 3.05) is 6.61 Å². The topological polar surface area (TPSA) is 76.1 Å². The van der Waals surface area contributed by atoms with Gasteiger partial charge in [0.25, 0.3) is 0 Å². The number of aliphatic hydroxyl groups excluding tert-OH is 1. The van der Waals surface area contributed by atoms with E-state index in [-0.39, 0.29) is 13.2 Å². The predicted octanol–water partition coefficient (Wildman–Crippen LogP) is 3.09. The number of aliphatic hydroxyl groups is 1. The van der Waals surface area contributed by atoms with Crippen LogP contribution in [-0.2, 0) is 20.9 Å². The number of nitrogens with zero attached hydrogens (tertiary/aromatic N) is 1. The lowest BCUT2D eigenvalue weighted by molar-refractivity contribution is -0.147. The van der Waals surface area contributed by atoms with E-state index in [9.17, 15) is 9.59 Å². The van der Waals surface area contributed by atoms with Gasteiger partial charge in [0.05, 0.1) is 0 Å². The number of cyclic esters (lactones) is 1. The number of rotatable bonds is 6. The zero-order chi connectivity index (χ0) is 18.4. The summed E-state index contributed by atoms with van der Waals surface area (Å²) in [7, 11) is 0. The Kier molecular flexibility index (Phi) is 6.42. The summed E-state index contributed by atoms with van der Waals surface area (Å²) < 4.78 is 10.9. The molecule has 0 spiro atoms. The molecule has 0 aliphatic carbocycles. The highest BCUT2D eigenvalue weighted by molar-refractivity contribution is 5.84. The first kappa shape index (κ1) is 19.2. The molecule has 1 aliphatic rings. The molecule has 6 nitrogen and oxygen atoms in total. The average molecular weight is 349 g/mol. The van der Waals surface area contributed by atoms with Crippen LogP contribution in [-0.4, -0.2) is 40.9 Å². The predicted molar refractivity (Wildman–Crippen MR) is 92.5 cm³/mol. The van der Waals surface area contributed by atoms with E-state index in [1.165, 1.54) is 4.90 Å². The molecular formula is C19H27NO5. The molecule has 1 saturated heterocycles. The largest absolute Gasteiger partial charge is 0.444 e. The van der Waals surface area contributed by atoms with Crippen molar-refractivity contribution in [3.8, 4) is 0 Å². The number of amides is 1. The molecule has 0 unspecified atom stereocenters. The Morgan fingerprint density at radius 1 is 1.24 bits per heavy atom. The average Bonchev–Trinajstić information content (AvgIpc) is 2.91. The molecule has 6 heteroatoms. The zero-order valence-corrected chi connectivity index (χ0v) is 15.1. The summed E-state index contributed by atoms with van der Waals surface area (Å²) in [4.78, 5) is 26.4. The number of benzene rings is 1. The second kappa shape index (κ2) is 8.34. The fraction of sp³-hybridized carbons (Fsp3) is 0.579. The lowest BCUT2D eigenvalue weighted by Crippen LogP contribution is -2.48. The highest BCUT2D eigenvalue weighted by Crippen LogP contribution is 2.34. The summed E-state index contributed by atoms with van der Waals surface area (Å²) in [5.74, 6) is -0.408. The van der Waals surface area contributed by atoms with E-state index < -0.39 is 29.7 Å². The lowest BCUT2D eigenvalue weighted by Gasteiger charge is -2.33. The van der Waals surface area contributed by atoms with Crippen LogP contribution in [0.25, 0.3) is 0 Å². The summed E-state index contributed by atoms with van der Waals surface area (Å²) in [5, 5.41) is 8.95. The zero-order valence-electron chi connectivity index (χ0n) is 15.1. The van der Waals surface area contributed by atoms with Crippen LogP contribution in [0, 0.1) is 5.41 Å². The van der Waals surface area contributed by atoms with E-state index in [1.54, 1.807) is 0 Å². The molecule has 0 saturated carbocycles. The number of hydrogen-bond donors (Lipinski definition) is 1. The lowest BCUT2D eigenvalue weighted by atomic mass is 9.93. The molecule has 138 valence electrons. The first-order chi connectivity index (χ1) is 11.8. The van der Waals surface area contributed by atoms with Gasteiger partial charge in [0, 0.05) is 12.0 Å². The standard InChI is InChI=1S/C19H27NO5/c1-19(2,3)17-20(15(16(22)25-17)11-7-8-12-21)18(23)24-13-14-9-5-4-6-10-14/h4-6,9-10,15,17,21H,7-8,11-13H2,1-3H3/t15-,17-/m0/s1. The van der Waals surface area contributed by atoms with Crippen molar-refractivity contribution in [2.24, 2.45) is 5.41 Å². The maximum absolute atomic E-state index is 12.7. The van der Waals surface area contributed by atoms with E-state index >= 15 is 0 Å². The Bertz CT molecular complexity index is 581. The fourth-order valence-electron chi connectivity index (χ4n) is 2.84.